The zero-order valence-electron chi connectivity index (χ0n) is 13.7. The van der Waals surface area contributed by atoms with E-state index >= 15 is 0 Å². The third-order valence-corrected chi connectivity index (χ3v) is 4.37. The molecule has 4 rings (SSSR count). The number of benzene rings is 4. The molecule has 25 heavy (non-hydrogen) atoms. The van der Waals surface area contributed by atoms with Crippen LogP contribution in [0.1, 0.15) is 0 Å². The molecule has 0 radical (unpaired) electrons. The maximum absolute atomic E-state index is 13.3. The summed E-state index contributed by atoms with van der Waals surface area (Å²) < 4.78 is 13.3. The maximum Gasteiger partial charge on any atom is 0.123 e. The highest BCUT2D eigenvalue weighted by molar-refractivity contribution is 5.87. The van der Waals surface area contributed by atoms with Crippen LogP contribution in [0.15, 0.2) is 103 Å². The largest absolute Gasteiger partial charge is 0.207 e. The molecular weight excluding hydrogens is 307 g/mol. The van der Waals surface area contributed by atoms with Crippen molar-refractivity contribution in [2.75, 3.05) is 0 Å². The van der Waals surface area contributed by atoms with Crippen molar-refractivity contribution in [3.8, 4) is 33.4 Å². The summed E-state index contributed by atoms with van der Waals surface area (Å²) in [5, 5.41) is 0. The fourth-order valence-corrected chi connectivity index (χ4v) is 3.09. The Bertz CT molecular complexity index is 971. The van der Waals surface area contributed by atoms with Crippen LogP contribution in [0.5, 0.6) is 0 Å². The zero-order chi connectivity index (χ0) is 17.1. The van der Waals surface area contributed by atoms with Crippen molar-refractivity contribution >= 4 is 0 Å². The van der Waals surface area contributed by atoms with Gasteiger partial charge in [0.2, 0.25) is 0 Å². The van der Waals surface area contributed by atoms with Crippen LogP contribution in [0.2, 0.25) is 0 Å². The summed E-state index contributed by atoms with van der Waals surface area (Å²) >= 11 is 0. The first-order chi connectivity index (χ1) is 12.3. The third-order valence-electron chi connectivity index (χ3n) is 4.37. The number of hydrogen-bond acceptors (Lipinski definition) is 0. The van der Waals surface area contributed by atoms with E-state index in [0.29, 0.717) is 0 Å². The summed E-state index contributed by atoms with van der Waals surface area (Å²) in [7, 11) is 0. The van der Waals surface area contributed by atoms with Crippen LogP contribution in [-0.2, 0) is 0 Å². The molecule has 0 atom stereocenters. The molecule has 4 aromatic rings. The molecule has 0 aromatic heterocycles. The Kier molecular flexibility index (Phi) is 4.14. The van der Waals surface area contributed by atoms with Crippen molar-refractivity contribution in [2.24, 2.45) is 0 Å². The predicted molar refractivity (Wildman–Crippen MR) is 103 cm³/mol. The molecule has 0 saturated heterocycles. The second-order valence-corrected chi connectivity index (χ2v) is 6.00. The van der Waals surface area contributed by atoms with Gasteiger partial charge in [-0.15, -0.1) is 0 Å². The Morgan fingerprint density at radius 2 is 0.920 bits per heavy atom. The van der Waals surface area contributed by atoms with E-state index in [2.05, 4.69) is 42.5 Å². The molecule has 0 fully saturated rings. The fraction of sp³-hybridized carbons (Fsp3) is 0. The molecule has 0 heterocycles. The van der Waals surface area contributed by atoms with Gasteiger partial charge in [0.1, 0.15) is 5.82 Å². The van der Waals surface area contributed by atoms with Gasteiger partial charge in [-0.1, -0.05) is 84.9 Å². The lowest BCUT2D eigenvalue weighted by Crippen LogP contribution is -1.88. The summed E-state index contributed by atoms with van der Waals surface area (Å²) in [5.41, 5.74) is 6.77. The lowest BCUT2D eigenvalue weighted by Gasteiger charge is -2.13. The highest BCUT2D eigenvalue weighted by Gasteiger charge is 2.10. The molecule has 0 nitrogen and oxygen atoms in total. The smallest absolute Gasteiger partial charge is 0.123 e. The van der Waals surface area contributed by atoms with Crippen molar-refractivity contribution in [3.05, 3.63) is 109 Å². The third kappa shape index (κ3) is 3.22. The summed E-state index contributed by atoms with van der Waals surface area (Å²) in [6.07, 6.45) is 0. The lowest BCUT2D eigenvalue weighted by molar-refractivity contribution is 0.628. The number of rotatable bonds is 3. The molecule has 0 saturated carbocycles. The number of hydrogen-bond donors (Lipinski definition) is 0. The van der Waals surface area contributed by atoms with E-state index in [0.717, 1.165) is 22.3 Å². The van der Waals surface area contributed by atoms with E-state index in [1.807, 2.05) is 48.5 Å². The maximum atomic E-state index is 13.3. The lowest BCUT2D eigenvalue weighted by atomic mass is 9.91. The molecule has 0 amide bonds. The average molecular weight is 324 g/mol. The predicted octanol–water partition coefficient (Wildman–Crippen LogP) is 6.83. The van der Waals surface area contributed by atoms with Crippen LogP contribution in [0.3, 0.4) is 0 Å². The highest BCUT2D eigenvalue weighted by atomic mass is 19.1. The molecule has 0 aliphatic carbocycles. The molecule has 0 unspecified atom stereocenters. The van der Waals surface area contributed by atoms with Gasteiger partial charge in [-0.25, -0.2) is 4.39 Å². The van der Waals surface area contributed by atoms with E-state index in [9.17, 15) is 4.39 Å². The van der Waals surface area contributed by atoms with Crippen LogP contribution in [0, 0.1) is 5.82 Å². The molecule has 0 bridgehead atoms. The van der Waals surface area contributed by atoms with Crippen molar-refractivity contribution < 1.29 is 4.39 Å². The zero-order valence-corrected chi connectivity index (χ0v) is 13.7. The Balaban J connectivity index is 1.91. The minimum Gasteiger partial charge on any atom is -0.207 e. The van der Waals surface area contributed by atoms with Crippen LogP contribution >= 0.6 is 0 Å². The SMILES string of the molecule is Fc1ccc(-c2ccc(-c3ccccc3)cc2-c2ccccc2)cc1. The average Bonchev–Trinajstić information content (AvgIpc) is 2.70. The van der Waals surface area contributed by atoms with E-state index < -0.39 is 0 Å². The monoisotopic (exact) mass is 324 g/mol. The normalized spacial score (nSPS) is 10.6. The van der Waals surface area contributed by atoms with Gasteiger partial charge in [-0.05, 0) is 51.6 Å². The Hall–Kier alpha value is -3.19. The van der Waals surface area contributed by atoms with Gasteiger partial charge in [0, 0.05) is 0 Å². The topological polar surface area (TPSA) is 0 Å². The van der Waals surface area contributed by atoms with Gasteiger partial charge in [0.05, 0.1) is 0 Å². The van der Waals surface area contributed by atoms with E-state index in [1.54, 1.807) is 0 Å². The first kappa shape index (κ1) is 15.3. The van der Waals surface area contributed by atoms with Crippen molar-refractivity contribution in [1.29, 1.82) is 0 Å². The second-order valence-electron chi connectivity index (χ2n) is 6.00. The second kappa shape index (κ2) is 6.74. The summed E-state index contributed by atoms with van der Waals surface area (Å²) in [4.78, 5) is 0. The fourth-order valence-electron chi connectivity index (χ4n) is 3.09. The highest BCUT2D eigenvalue weighted by Crippen LogP contribution is 2.35. The van der Waals surface area contributed by atoms with Crippen LogP contribution in [0.25, 0.3) is 33.4 Å². The molecule has 1 heteroatoms. The van der Waals surface area contributed by atoms with E-state index in [1.165, 1.54) is 23.3 Å². The molecule has 120 valence electrons. The van der Waals surface area contributed by atoms with Crippen LogP contribution < -0.4 is 0 Å². The molecule has 0 aliphatic rings. The van der Waals surface area contributed by atoms with Gasteiger partial charge < -0.3 is 0 Å². The molecule has 4 aromatic carbocycles. The van der Waals surface area contributed by atoms with Crippen molar-refractivity contribution in [3.63, 3.8) is 0 Å². The van der Waals surface area contributed by atoms with Crippen LogP contribution in [0.4, 0.5) is 4.39 Å². The molecular formula is C24H17F. The minimum atomic E-state index is -0.217. The molecule has 0 aliphatic heterocycles. The first-order valence-electron chi connectivity index (χ1n) is 8.32. The summed E-state index contributed by atoms with van der Waals surface area (Å²) in [5.74, 6) is -0.217. The Labute approximate surface area is 147 Å². The van der Waals surface area contributed by atoms with E-state index in [4.69, 9.17) is 0 Å². The molecule has 0 spiro atoms. The summed E-state index contributed by atoms with van der Waals surface area (Å²) in [6, 6.07) is 33.8. The van der Waals surface area contributed by atoms with Crippen molar-refractivity contribution in [1.82, 2.24) is 0 Å². The van der Waals surface area contributed by atoms with Crippen molar-refractivity contribution in [2.45, 2.75) is 0 Å². The van der Waals surface area contributed by atoms with Gasteiger partial charge in [0.15, 0.2) is 0 Å². The van der Waals surface area contributed by atoms with Gasteiger partial charge in [-0.3, -0.25) is 0 Å². The van der Waals surface area contributed by atoms with Gasteiger partial charge >= 0.3 is 0 Å². The van der Waals surface area contributed by atoms with Gasteiger partial charge in [0.25, 0.3) is 0 Å². The van der Waals surface area contributed by atoms with Crippen LogP contribution in [-0.4, -0.2) is 0 Å². The number of halogens is 1. The Morgan fingerprint density at radius 1 is 0.400 bits per heavy atom. The standard InChI is InChI=1S/C24H17F/c25-22-14-11-20(12-15-22)23-16-13-21(18-7-3-1-4-8-18)17-24(23)19-9-5-2-6-10-19/h1-17H. The Morgan fingerprint density at radius 3 is 1.56 bits per heavy atom. The van der Waals surface area contributed by atoms with E-state index in [-0.39, 0.29) is 5.82 Å². The summed E-state index contributed by atoms with van der Waals surface area (Å²) in [6.45, 7) is 0. The molecule has 0 N–H and O–H groups in total. The minimum absolute atomic E-state index is 0.217. The van der Waals surface area contributed by atoms with Gasteiger partial charge in [-0.2, -0.15) is 0 Å². The first-order valence-corrected chi connectivity index (χ1v) is 8.32. The quantitative estimate of drug-likeness (QED) is 0.387.